The zero-order valence-electron chi connectivity index (χ0n) is 13.0. The summed E-state index contributed by atoms with van der Waals surface area (Å²) < 4.78 is 1.09. The summed E-state index contributed by atoms with van der Waals surface area (Å²) in [6.07, 6.45) is 2.15. The number of hydrogen-bond acceptors (Lipinski definition) is 4. The van der Waals surface area contributed by atoms with Gasteiger partial charge in [-0.3, -0.25) is 0 Å². The standard InChI is InChI=1S/C16H22BrN3S/c1-10(2)18-7-5-6-14-11(3)19-16(20-12(14)4)15-8-13(17)9-21-15/h8-10,18H,5-7H2,1-4H3. The van der Waals surface area contributed by atoms with E-state index in [0.717, 1.165) is 45.9 Å². The molecule has 0 bridgehead atoms. The van der Waals surface area contributed by atoms with Gasteiger partial charge in [0, 0.05) is 27.3 Å². The van der Waals surface area contributed by atoms with Gasteiger partial charge in [0.25, 0.3) is 0 Å². The summed E-state index contributed by atoms with van der Waals surface area (Å²) in [5, 5.41) is 5.51. The second-order valence-corrected chi connectivity index (χ2v) is 7.37. The lowest BCUT2D eigenvalue weighted by molar-refractivity contribution is 0.569. The second-order valence-electron chi connectivity index (χ2n) is 5.54. The lowest BCUT2D eigenvalue weighted by atomic mass is 10.1. The highest BCUT2D eigenvalue weighted by Gasteiger charge is 2.11. The Morgan fingerprint density at radius 3 is 2.43 bits per heavy atom. The van der Waals surface area contributed by atoms with Gasteiger partial charge in [-0.25, -0.2) is 9.97 Å². The van der Waals surface area contributed by atoms with Gasteiger partial charge < -0.3 is 5.32 Å². The fourth-order valence-corrected chi connectivity index (χ4v) is 3.66. The molecule has 1 N–H and O–H groups in total. The fraction of sp³-hybridized carbons (Fsp3) is 0.500. The number of hydrogen-bond donors (Lipinski definition) is 1. The van der Waals surface area contributed by atoms with Crippen LogP contribution in [0.4, 0.5) is 0 Å². The molecular formula is C16H22BrN3S. The maximum absolute atomic E-state index is 4.69. The Morgan fingerprint density at radius 1 is 1.24 bits per heavy atom. The summed E-state index contributed by atoms with van der Waals surface area (Å²) in [4.78, 5) is 10.5. The third-order valence-corrected chi connectivity index (χ3v) is 5.05. The van der Waals surface area contributed by atoms with E-state index in [1.165, 1.54) is 5.56 Å². The predicted octanol–water partition coefficient (Wildman–Crippen LogP) is 4.52. The Hall–Kier alpha value is -0.780. The van der Waals surface area contributed by atoms with Crippen molar-refractivity contribution >= 4 is 27.3 Å². The number of nitrogens with zero attached hydrogens (tertiary/aromatic N) is 2. The molecule has 2 heterocycles. The maximum Gasteiger partial charge on any atom is 0.169 e. The first-order chi connectivity index (χ1) is 9.97. The predicted molar refractivity (Wildman–Crippen MR) is 94.0 cm³/mol. The SMILES string of the molecule is Cc1nc(-c2cc(Br)cs2)nc(C)c1CCCNC(C)C. The van der Waals surface area contributed by atoms with Crippen LogP contribution in [-0.2, 0) is 6.42 Å². The summed E-state index contributed by atoms with van der Waals surface area (Å²) in [6, 6.07) is 2.62. The summed E-state index contributed by atoms with van der Waals surface area (Å²) in [7, 11) is 0. The minimum absolute atomic E-state index is 0.545. The first-order valence-corrected chi connectivity index (χ1v) is 8.96. The molecule has 0 saturated carbocycles. The molecule has 0 aromatic carbocycles. The van der Waals surface area contributed by atoms with Crippen LogP contribution in [0.15, 0.2) is 15.9 Å². The molecule has 0 unspecified atom stereocenters. The number of aromatic nitrogens is 2. The van der Waals surface area contributed by atoms with Crippen LogP contribution in [0, 0.1) is 13.8 Å². The molecule has 0 atom stereocenters. The molecule has 0 amide bonds. The topological polar surface area (TPSA) is 37.8 Å². The van der Waals surface area contributed by atoms with Crippen molar-refractivity contribution in [1.82, 2.24) is 15.3 Å². The summed E-state index contributed by atoms with van der Waals surface area (Å²) in [5.41, 5.74) is 3.50. The van der Waals surface area contributed by atoms with E-state index in [2.05, 4.69) is 70.4 Å². The zero-order valence-corrected chi connectivity index (χ0v) is 15.4. The molecule has 21 heavy (non-hydrogen) atoms. The van der Waals surface area contributed by atoms with E-state index < -0.39 is 0 Å². The van der Waals surface area contributed by atoms with Crippen LogP contribution in [0.5, 0.6) is 0 Å². The molecule has 0 radical (unpaired) electrons. The molecule has 0 fully saturated rings. The Balaban J connectivity index is 2.10. The Bertz CT molecular complexity index is 584. The summed E-state index contributed by atoms with van der Waals surface area (Å²) in [5.74, 6) is 0.838. The number of halogens is 1. The van der Waals surface area contributed by atoms with E-state index in [1.54, 1.807) is 11.3 Å². The lowest BCUT2D eigenvalue weighted by Crippen LogP contribution is -2.24. The van der Waals surface area contributed by atoms with Gasteiger partial charge in [0.1, 0.15) is 0 Å². The molecule has 114 valence electrons. The van der Waals surface area contributed by atoms with Crippen LogP contribution in [-0.4, -0.2) is 22.6 Å². The maximum atomic E-state index is 4.69. The molecule has 0 spiro atoms. The third-order valence-electron chi connectivity index (χ3n) is 3.36. The van der Waals surface area contributed by atoms with Gasteiger partial charge in [0.15, 0.2) is 5.82 Å². The number of nitrogens with one attached hydrogen (secondary N) is 1. The minimum atomic E-state index is 0.545. The molecular weight excluding hydrogens is 346 g/mol. The summed E-state index contributed by atoms with van der Waals surface area (Å²) >= 11 is 5.15. The van der Waals surface area contributed by atoms with Crippen molar-refractivity contribution in [3.05, 3.63) is 32.9 Å². The van der Waals surface area contributed by atoms with E-state index in [1.807, 2.05) is 0 Å². The molecule has 5 heteroatoms. The fourth-order valence-electron chi connectivity index (χ4n) is 2.30. The highest BCUT2D eigenvalue weighted by molar-refractivity contribution is 9.10. The first-order valence-electron chi connectivity index (χ1n) is 7.29. The van der Waals surface area contributed by atoms with Crippen LogP contribution in [0.1, 0.15) is 37.2 Å². The Kier molecular flexibility index (Phi) is 5.90. The van der Waals surface area contributed by atoms with Crippen LogP contribution < -0.4 is 5.32 Å². The molecule has 2 rings (SSSR count). The van der Waals surface area contributed by atoms with Gasteiger partial charge in [-0.05, 0) is 60.8 Å². The molecule has 0 aliphatic rings. The largest absolute Gasteiger partial charge is 0.315 e. The highest BCUT2D eigenvalue weighted by atomic mass is 79.9. The van der Waals surface area contributed by atoms with Crippen LogP contribution >= 0.6 is 27.3 Å². The van der Waals surface area contributed by atoms with Crippen LogP contribution in [0.2, 0.25) is 0 Å². The first kappa shape index (κ1) is 16.6. The molecule has 2 aromatic heterocycles. The monoisotopic (exact) mass is 367 g/mol. The van der Waals surface area contributed by atoms with Gasteiger partial charge in [-0.2, -0.15) is 0 Å². The minimum Gasteiger partial charge on any atom is -0.315 e. The van der Waals surface area contributed by atoms with E-state index >= 15 is 0 Å². The van der Waals surface area contributed by atoms with Gasteiger partial charge in [0.2, 0.25) is 0 Å². The van der Waals surface area contributed by atoms with Crippen molar-refractivity contribution in [2.75, 3.05) is 6.54 Å². The molecule has 0 aliphatic carbocycles. The average Bonchev–Trinajstić information content (AvgIpc) is 2.83. The van der Waals surface area contributed by atoms with Gasteiger partial charge in [-0.15, -0.1) is 11.3 Å². The molecule has 3 nitrogen and oxygen atoms in total. The van der Waals surface area contributed by atoms with Crippen molar-refractivity contribution in [2.24, 2.45) is 0 Å². The zero-order chi connectivity index (χ0) is 15.4. The van der Waals surface area contributed by atoms with Crippen molar-refractivity contribution in [3.63, 3.8) is 0 Å². The van der Waals surface area contributed by atoms with Gasteiger partial charge in [-0.1, -0.05) is 13.8 Å². The van der Waals surface area contributed by atoms with Crippen molar-refractivity contribution < 1.29 is 0 Å². The quantitative estimate of drug-likeness (QED) is 0.762. The average molecular weight is 368 g/mol. The van der Waals surface area contributed by atoms with Crippen molar-refractivity contribution in [3.8, 4) is 10.7 Å². The number of aryl methyl sites for hydroxylation is 2. The van der Waals surface area contributed by atoms with Gasteiger partial charge >= 0.3 is 0 Å². The Labute approximate surface area is 139 Å². The van der Waals surface area contributed by atoms with Gasteiger partial charge in [0.05, 0.1) is 4.88 Å². The van der Waals surface area contributed by atoms with Crippen molar-refractivity contribution in [2.45, 2.75) is 46.6 Å². The second kappa shape index (κ2) is 7.47. The molecule has 0 saturated heterocycles. The summed E-state index contributed by atoms with van der Waals surface area (Å²) in [6.45, 7) is 9.56. The number of rotatable bonds is 6. The smallest absolute Gasteiger partial charge is 0.169 e. The normalized spacial score (nSPS) is 11.3. The van der Waals surface area contributed by atoms with E-state index in [4.69, 9.17) is 0 Å². The van der Waals surface area contributed by atoms with Crippen molar-refractivity contribution in [1.29, 1.82) is 0 Å². The highest BCUT2D eigenvalue weighted by Crippen LogP contribution is 2.28. The molecule has 2 aromatic rings. The Morgan fingerprint density at radius 2 is 1.90 bits per heavy atom. The lowest BCUT2D eigenvalue weighted by Gasteiger charge is -2.11. The number of thiophene rings is 1. The van der Waals surface area contributed by atoms with Crippen LogP contribution in [0.25, 0.3) is 10.7 Å². The van der Waals surface area contributed by atoms with E-state index in [9.17, 15) is 0 Å². The van der Waals surface area contributed by atoms with Crippen LogP contribution in [0.3, 0.4) is 0 Å². The van der Waals surface area contributed by atoms with E-state index in [0.29, 0.717) is 6.04 Å². The molecule has 0 aliphatic heterocycles. The van der Waals surface area contributed by atoms with E-state index in [-0.39, 0.29) is 0 Å². The third kappa shape index (κ3) is 4.59.